The summed E-state index contributed by atoms with van der Waals surface area (Å²) in [7, 11) is 0. The summed E-state index contributed by atoms with van der Waals surface area (Å²) in [5, 5.41) is 0.509. The van der Waals surface area contributed by atoms with E-state index >= 15 is 0 Å². The van der Waals surface area contributed by atoms with Crippen LogP contribution in [0.5, 0.6) is 5.75 Å². The number of benzene rings is 1. The molecule has 2 aromatic rings. The third-order valence-corrected chi connectivity index (χ3v) is 2.74. The van der Waals surface area contributed by atoms with Gasteiger partial charge in [0, 0.05) is 5.02 Å². The second kappa shape index (κ2) is 6.90. The highest BCUT2D eigenvalue weighted by atomic mass is 35.5. The number of carbonyl (C=O) groups excluding carboxylic acids is 1. The Morgan fingerprint density at radius 2 is 1.95 bits per heavy atom. The van der Waals surface area contributed by atoms with Gasteiger partial charge < -0.3 is 20.9 Å². The molecule has 0 aliphatic rings. The molecule has 0 bridgehead atoms. The lowest BCUT2D eigenvalue weighted by Crippen LogP contribution is -2.26. The number of esters is 1. The van der Waals surface area contributed by atoms with Crippen molar-refractivity contribution in [3.05, 3.63) is 35.1 Å². The number of aromatic nitrogens is 3. The molecule has 1 aromatic heterocycles. The van der Waals surface area contributed by atoms with Crippen LogP contribution in [0.3, 0.4) is 0 Å². The van der Waals surface area contributed by atoms with Gasteiger partial charge in [0.25, 0.3) is 0 Å². The molecule has 0 radical (unpaired) electrons. The summed E-state index contributed by atoms with van der Waals surface area (Å²) in [5.41, 5.74) is 10.8. The van der Waals surface area contributed by atoms with Gasteiger partial charge in [-0.05, 0) is 25.1 Å². The van der Waals surface area contributed by atoms with Gasteiger partial charge in [0.05, 0.1) is 0 Å². The molecule has 2 rings (SSSR count). The van der Waals surface area contributed by atoms with Crippen LogP contribution in [0.1, 0.15) is 12.7 Å². The van der Waals surface area contributed by atoms with Gasteiger partial charge in [-0.3, -0.25) is 0 Å². The molecule has 4 N–H and O–H groups in total. The third kappa shape index (κ3) is 4.45. The number of carbonyl (C=O) groups is 1. The lowest BCUT2D eigenvalue weighted by atomic mass is 10.3. The molecular weight excluding hydrogens is 310 g/mol. The summed E-state index contributed by atoms with van der Waals surface area (Å²) in [6.07, 6.45) is -0.824. The monoisotopic (exact) mass is 323 g/mol. The zero-order valence-corrected chi connectivity index (χ0v) is 12.4. The van der Waals surface area contributed by atoms with Crippen molar-refractivity contribution in [2.45, 2.75) is 19.6 Å². The predicted octanol–water partition coefficient (Wildman–Crippen LogP) is 1.20. The fourth-order valence-corrected chi connectivity index (χ4v) is 1.75. The van der Waals surface area contributed by atoms with Gasteiger partial charge in [-0.1, -0.05) is 17.7 Å². The van der Waals surface area contributed by atoms with Crippen molar-refractivity contribution in [1.82, 2.24) is 15.0 Å². The maximum absolute atomic E-state index is 11.9. The van der Waals surface area contributed by atoms with E-state index in [-0.39, 0.29) is 24.3 Å². The summed E-state index contributed by atoms with van der Waals surface area (Å²) in [6, 6.07) is 6.70. The van der Waals surface area contributed by atoms with E-state index in [1.807, 2.05) is 0 Å². The van der Waals surface area contributed by atoms with Crippen LogP contribution in [-0.2, 0) is 16.1 Å². The number of nitrogens with zero attached hydrogens (tertiary/aromatic N) is 3. The first-order valence-corrected chi connectivity index (χ1v) is 6.66. The Balaban J connectivity index is 1.91. The van der Waals surface area contributed by atoms with Gasteiger partial charge in [-0.2, -0.15) is 15.0 Å². The van der Waals surface area contributed by atoms with Crippen molar-refractivity contribution in [2.75, 3.05) is 11.5 Å². The topological polar surface area (TPSA) is 126 Å². The summed E-state index contributed by atoms with van der Waals surface area (Å²) in [6.45, 7) is 1.37. The summed E-state index contributed by atoms with van der Waals surface area (Å²) >= 11 is 5.84. The number of anilines is 2. The minimum atomic E-state index is -0.824. The van der Waals surface area contributed by atoms with Crippen molar-refractivity contribution in [3.8, 4) is 5.75 Å². The van der Waals surface area contributed by atoms with E-state index in [0.29, 0.717) is 10.8 Å². The Morgan fingerprint density at radius 3 is 2.59 bits per heavy atom. The van der Waals surface area contributed by atoms with Crippen LogP contribution in [0, 0.1) is 0 Å². The van der Waals surface area contributed by atoms with E-state index in [2.05, 4.69) is 15.0 Å². The van der Waals surface area contributed by atoms with Crippen LogP contribution >= 0.6 is 11.6 Å². The molecule has 1 heterocycles. The molecule has 0 saturated heterocycles. The Labute approximate surface area is 131 Å². The van der Waals surface area contributed by atoms with Gasteiger partial charge in [0.15, 0.2) is 18.5 Å². The van der Waals surface area contributed by atoms with Crippen molar-refractivity contribution < 1.29 is 14.3 Å². The second-order valence-corrected chi connectivity index (χ2v) is 4.73. The van der Waals surface area contributed by atoms with Crippen molar-refractivity contribution in [2.24, 2.45) is 0 Å². The molecule has 116 valence electrons. The van der Waals surface area contributed by atoms with Crippen LogP contribution in [-0.4, -0.2) is 27.0 Å². The zero-order chi connectivity index (χ0) is 16.1. The smallest absolute Gasteiger partial charge is 0.347 e. The number of ether oxygens (including phenoxy) is 2. The van der Waals surface area contributed by atoms with Crippen molar-refractivity contribution >= 4 is 29.5 Å². The number of rotatable bonds is 5. The van der Waals surface area contributed by atoms with Crippen LogP contribution in [0.15, 0.2) is 24.3 Å². The lowest BCUT2D eigenvalue weighted by Gasteiger charge is -2.13. The third-order valence-electron chi connectivity index (χ3n) is 2.50. The molecule has 1 aromatic carbocycles. The Morgan fingerprint density at radius 1 is 1.27 bits per heavy atom. The van der Waals surface area contributed by atoms with E-state index in [4.69, 9.17) is 32.5 Å². The summed E-state index contributed by atoms with van der Waals surface area (Å²) in [5.74, 6) is -0.0417. The number of nitrogen functional groups attached to an aromatic ring is 2. The summed E-state index contributed by atoms with van der Waals surface area (Å²) < 4.78 is 10.5. The lowest BCUT2D eigenvalue weighted by molar-refractivity contribution is -0.152. The average Bonchev–Trinajstić information content (AvgIpc) is 2.43. The molecule has 0 aliphatic heterocycles. The predicted molar refractivity (Wildman–Crippen MR) is 80.0 cm³/mol. The highest BCUT2D eigenvalue weighted by molar-refractivity contribution is 6.30. The molecule has 22 heavy (non-hydrogen) atoms. The SMILES string of the molecule is C[C@@H](Oc1cccc(Cl)c1)C(=O)OCc1nc(N)nc(N)n1. The molecule has 8 nitrogen and oxygen atoms in total. The Hall–Kier alpha value is -2.61. The Kier molecular flexibility index (Phi) is 4.95. The fourth-order valence-electron chi connectivity index (χ4n) is 1.57. The van der Waals surface area contributed by atoms with Crippen LogP contribution in [0.4, 0.5) is 11.9 Å². The molecule has 0 amide bonds. The average molecular weight is 324 g/mol. The number of hydrogen-bond acceptors (Lipinski definition) is 8. The number of hydrogen-bond donors (Lipinski definition) is 2. The number of halogens is 1. The normalized spacial score (nSPS) is 11.7. The molecule has 0 unspecified atom stereocenters. The van der Waals surface area contributed by atoms with Crippen molar-refractivity contribution in [3.63, 3.8) is 0 Å². The van der Waals surface area contributed by atoms with Gasteiger partial charge in [-0.25, -0.2) is 4.79 Å². The number of nitrogens with two attached hydrogens (primary N) is 2. The molecule has 0 fully saturated rings. The van der Waals surface area contributed by atoms with Crippen LogP contribution in [0.25, 0.3) is 0 Å². The zero-order valence-electron chi connectivity index (χ0n) is 11.7. The van der Waals surface area contributed by atoms with E-state index in [1.54, 1.807) is 31.2 Å². The second-order valence-electron chi connectivity index (χ2n) is 4.29. The maximum Gasteiger partial charge on any atom is 0.347 e. The maximum atomic E-state index is 11.9. The molecule has 0 aliphatic carbocycles. The summed E-state index contributed by atoms with van der Waals surface area (Å²) in [4.78, 5) is 23.1. The highest BCUT2D eigenvalue weighted by Gasteiger charge is 2.17. The largest absolute Gasteiger partial charge is 0.479 e. The van der Waals surface area contributed by atoms with Gasteiger partial charge in [0.1, 0.15) is 5.75 Å². The first-order valence-electron chi connectivity index (χ1n) is 6.29. The van der Waals surface area contributed by atoms with E-state index in [0.717, 1.165) is 0 Å². The molecule has 0 saturated carbocycles. The van der Waals surface area contributed by atoms with Gasteiger partial charge in [-0.15, -0.1) is 0 Å². The molecule has 9 heteroatoms. The van der Waals surface area contributed by atoms with E-state index in [1.165, 1.54) is 0 Å². The van der Waals surface area contributed by atoms with Crippen LogP contribution < -0.4 is 16.2 Å². The van der Waals surface area contributed by atoms with Gasteiger partial charge in [0.2, 0.25) is 11.9 Å². The van der Waals surface area contributed by atoms with Crippen molar-refractivity contribution in [1.29, 1.82) is 0 Å². The van der Waals surface area contributed by atoms with Crippen LogP contribution in [0.2, 0.25) is 5.02 Å². The van der Waals surface area contributed by atoms with E-state index in [9.17, 15) is 4.79 Å². The molecule has 0 spiro atoms. The van der Waals surface area contributed by atoms with E-state index < -0.39 is 12.1 Å². The first kappa shape index (κ1) is 15.8. The minimum Gasteiger partial charge on any atom is -0.479 e. The quantitative estimate of drug-likeness (QED) is 0.786. The minimum absolute atomic E-state index is 0.0400. The fraction of sp³-hybridized carbons (Fsp3) is 0.231. The standard InChI is InChI=1S/C13H14ClN5O3/c1-7(22-9-4-2-3-8(14)5-9)11(20)21-6-10-17-12(15)19-13(16)18-10/h2-5,7H,6H2,1H3,(H4,15,16,17,18,19)/t7-/m1/s1. The van der Waals surface area contributed by atoms with Gasteiger partial charge >= 0.3 is 5.97 Å². The Bertz CT molecular complexity index is 662. The highest BCUT2D eigenvalue weighted by Crippen LogP contribution is 2.18. The molecule has 1 atom stereocenters. The molecular formula is C13H14ClN5O3. The first-order chi connectivity index (χ1) is 10.4.